The first-order valence-electron chi connectivity index (χ1n) is 9.97. The second-order valence-electron chi connectivity index (χ2n) is 8.19. The van der Waals surface area contributed by atoms with Crippen LogP contribution in [-0.4, -0.2) is 57.0 Å². The van der Waals surface area contributed by atoms with Crippen LogP contribution in [0.1, 0.15) is 38.4 Å². The molecule has 1 N–H and O–H groups in total. The molecule has 3 rings (SSSR count). The number of ether oxygens (including phenoxy) is 2. The summed E-state index contributed by atoms with van der Waals surface area (Å²) in [5.41, 5.74) is 0.505. The Morgan fingerprint density at radius 3 is 2.53 bits per heavy atom. The fourth-order valence-corrected chi connectivity index (χ4v) is 3.20. The van der Waals surface area contributed by atoms with Crippen LogP contribution in [-0.2, 0) is 16.0 Å². The van der Waals surface area contributed by atoms with Gasteiger partial charge in [-0.3, -0.25) is 0 Å². The lowest BCUT2D eigenvalue weighted by atomic mass is 9.98. The zero-order valence-corrected chi connectivity index (χ0v) is 19.1. The van der Waals surface area contributed by atoms with E-state index in [1.54, 1.807) is 26.8 Å². The Bertz CT molecular complexity index is 1030. The van der Waals surface area contributed by atoms with Crippen molar-refractivity contribution in [2.75, 3.05) is 20.2 Å². The van der Waals surface area contributed by atoms with Crippen LogP contribution in [0.3, 0.4) is 0 Å². The molecule has 0 aliphatic carbocycles. The average Bonchev–Trinajstić information content (AvgIpc) is 3.20. The highest BCUT2D eigenvalue weighted by Crippen LogP contribution is 2.29. The third-order valence-electron chi connectivity index (χ3n) is 4.61. The van der Waals surface area contributed by atoms with Gasteiger partial charge in [0.15, 0.2) is 0 Å². The molecule has 2 aromatic rings. The summed E-state index contributed by atoms with van der Waals surface area (Å²) in [6, 6.07) is 2.40. The molecule has 0 saturated heterocycles. The number of carbonyl (C=O) groups excluding carboxylic acids is 1. The maximum Gasteiger partial charge on any atom is 0.410 e. The van der Waals surface area contributed by atoms with Gasteiger partial charge in [-0.15, -0.1) is 5.10 Å². The van der Waals surface area contributed by atoms with Gasteiger partial charge in [-0.25, -0.2) is 18.3 Å². The Morgan fingerprint density at radius 1 is 1.28 bits per heavy atom. The van der Waals surface area contributed by atoms with Crippen LogP contribution in [0.15, 0.2) is 24.4 Å². The highest BCUT2D eigenvalue weighted by Gasteiger charge is 2.26. The van der Waals surface area contributed by atoms with E-state index in [1.165, 1.54) is 35.0 Å². The van der Waals surface area contributed by atoms with E-state index in [-0.39, 0.29) is 29.5 Å². The van der Waals surface area contributed by atoms with Crippen molar-refractivity contribution in [2.45, 2.75) is 39.3 Å². The molecule has 1 aliphatic rings. The number of amides is 1. The maximum atomic E-state index is 14.9. The quantitative estimate of drug-likeness (QED) is 0.691. The van der Waals surface area contributed by atoms with Crippen LogP contribution < -0.4 is 5.32 Å². The molecule has 0 saturated carbocycles. The average molecular weight is 466 g/mol. The number of benzene rings is 1. The highest BCUT2D eigenvalue weighted by molar-refractivity contribution is 7.80. The summed E-state index contributed by atoms with van der Waals surface area (Å²) in [5.74, 6) is -1.43. The molecule has 0 atom stereocenters. The molecule has 0 spiro atoms. The molecular weight excluding hydrogens is 440 g/mol. The summed E-state index contributed by atoms with van der Waals surface area (Å²) >= 11 is 4.89. The van der Waals surface area contributed by atoms with E-state index < -0.39 is 23.3 Å². The minimum absolute atomic E-state index is 0.106. The Balaban J connectivity index is 1.74. The molecule has 1 aliphatic heterocycles. The van der Waals surface area contributed by atoms with Gasteiger partial charge >= 0.3 is 6.09 Å². The van der Waals surface area contributed by atoms with Crippen LogP contribution in [0.2, 0.25) is 0 Å². The van der Waals surface area contributed by atoms with E-state index in [2.05, 4.69) is 15.6 Å². The largest absolute Gasteiger partial charge is 0.474 e. The number of methoxy groups -OCH3 is 1. The van der Waals surface area contributed by atoms with E-state index in [0.29, 0.717) is 24.2 Å². The Kier molecular flexibility index (Phi) is 7.07. The standard InChI is InChI=1S/C21H25F2N5O3S/c1-21(2,3)31-20(29)27-7-5-13(6-8-27)18-16(22)9-15(10-17(18)23)28-12-14(25-26-28)11-24-19(32)30-4/h5,9-10,12H,6-8,11H2,1-4H3,(H,24,32). The number of thiocarbonyl (C=S) groups is 1. The van der Waals surface area contributed by atoms with Crippen molar-refractivity contribution in [1.82, 2.24) is 25.2 Å². The van der Waals surface area contributed by atoms with Gasteiger partial charge in [-0.1, -0.05) is 11.3 Å². The van der Waals surface area contributed by atoms with Crippen LogP contribution in [0.5, 0.6) is 0 Å². The van der Waals surface area contributed by atoms with Crippen LogP contribution in [0, 0.1) is 11.6 Å². The van der Waals surface area contributed by atoms with Crippen LogP contribution in [0.25, 0.3) is 11.3 Å². The van der Waals surface area contributed by atoms with Crippen LogP contribution >= 0.6 is 12.2 Å². The minimum Gasteiger partial charge on any atom is -0.474 e. The van der Waals surface area contributed by atoms with E-state index >= 15 is 0 Å². The molecule has 0 bridgehead atoms. The molecule has 11 heteroatoms. The number of nitrogens with zero attached hydrogens (tertiary/aromatic N) is 4. The number of nitrogens with one attached hydrogen (secondary N) is 1. The monoisotopic (exact) mass is 465 g/mol. The summed E-state index contributed by atoms with van der Waals surface area (Å²) in [6.45, 7) is 6.14. The summed E-state index contributed by atoms with van der Waals surface area (Å²) < 4.78 is 41.2. The molecule has 0 unspecified atom stereocenters. The Morgan fingerprint density at radius 2 is 1.97 bits per heavy atom. The molecule has 1 aromatic carbocycles. The van der Waals surface area contributed by atoms with Crippen molar-refractivity contribution in [3.05, 3.63) is 47.3 Å². The molecular formula is C21H25F2N5O3S. The predicted molar refractivity (Wildman–Crippen MR) is 118 cm³/mol. The van der Waals surface area contributed by atoms with Gasteiger partial charge in [0.1, 0.15) is 22.9 Å². The molecule has 1 amide bonds. The zero-order chi connectivity index (χ0) is 23.5. The first-order chi connectivity index (χ1) is 15.1. The molecule has 32 heavy (non-hydrogen) atoms. The molecule has 2 heterocycles. The van der Waals surface area contributed by atoms with Crippen molar-refractivity contribution >= 4 is 29.1 Å². The fourth-order valence-electron chi connectivity index (χ4n) is 3.13. The maximum absolute atomic E-state index is 14.9. The number of carbonyl (C=O) groups is 1. The molecule has 1 aromatic heterocycles. The number of rotatable bonds is 4. The second kappa shape index (κ2) is 9.60. The van der Waals surface area contributed by atoms with Gasteiger partial charge < -0.3 is 19.7 Å². The summed E-state index contributed by atoms with van der Waals surface area (Å²) in [6.07, 6.45) is 3.04. The lowest BCUT2D eigenvalue weighted by Crippen LogP contribution is -2.39. The number of hydrogen-bond donors (Lipinski definition) is 1. The van der Waals surface area contributed by atoms with Crippen molar-refractivity contribution in [3.8, 4) is 5.69 Å². The van der Waals surface area contributed by atoms with Gasteiger partial charge in [0.2, 0.25) is 0 Å². The lowest BCUT2D eigenvalue weighted by molar-refractivity contribution is 0.0270. The van der Waals surface area contributed by atoms with Gasteiger partial charge in [-0.2, -0.15) is 0 Å². The number of hydrogen-bond acceptors (Lipinski definition) is 6. The third-order valence-corrected chi connectivity index (χ3v) is 4.92. The zero-order valence-electron chi connectivity index (χ0n) is 18.3. The summed E-state index contributed by atoms with van der Waals surface area (Å²) in [4.78, 5) is 13.7. The SMILES string of the molecule is COC(=S)NCc1cn(-c2cc(F)c(C3=CCN(C(=O)OC(C)(C)C)CC3)c(F)c2)nn1. The van der Waals surface area contributed by atoms with Crippen LogP contribution in [0.4, 0.5) is 13.6 Å². The first kappa shape index (κ1) is 23.6. The summed E-state index contributed by atoms with van der Waals surface area (Å²) in [5, 5.41) is 10.9. The minimum atomic E-state index is -0.715. The van der Waals surface area contributed by atoms with Gasteiger partial charge in [0, 0.05) is 30.8 Å². The van der Waals surface area contributed by atoms with Crippen molar-refractivity contribution in [1.29, 1.82) is 0 Å². The van der Waals surface area contributed by atoms with Crippen molar-refractivity contribution < 1.29 is 23.0 Å². The normalized spacial score (nSPS) is 14.1. The Labute approximate surface area is 190 Å². The van der Waals surface area contributed by atoms with Gasteiger partial charge in [0.05, 0.1) is 25.5 Å². The highest BCUT2D eigenvalue weighted by atomic mass is 32.1. The molecule has 0 fully saturated rings. The predicted octanol–water partition coefficient (Wildman–Crippen LogP) is 3.59. The summed E-state index contributed by atoms with van der Waals surface area (Å²) in [7, 11) is 1.44. The lowest BCUT2D eigenvalue weighted by Gasteiger charge is -2.29. The van der Waals surface area contributed by atoms with Crippen molar-refractivity contribution in [2.24, 2.45) is 0 Å². The topological polar surface area (TPSA) is 81.5 Å². The molecule has 8 nitrogen and oxygen atoms in total. The fraction of sp³-hybridized carbons (Fsp3) is 0.429. The van der Waals surface area contributed by atoms with E-state index in [9.17, 15) is 13.6 Å². The molecule has 0 radical (unpaired) electrons. The smallest absolute Gasteiger partial charge is 0.410 e. The van der Waals surface area contributed by atoms with Crippen molar-refractivity contribution in [3.63, 3.8) is 0 Å². The third kappa shape index (κ3) is 5.78. The Hall–Kier alpha value is -3.08. The molecule has 172 valence electrons. The van der Waals surface area contributed by atoms with Gasteiger partial charge in [-0.05, 0) is 45.0 Å². The van der Waals surface area contributed by atoms with E-state index in [0.717, 1.165) is 0 Å². The van der Waals surface area contributed by atoms with Gasteiger partial charge in [0.25, 0.3) is 5.17 Å². The first-order valence-corrected chi connectivity index (χ1v) is 10.4. The second-order valence-corrected chi connectivity index (χ2v) is 8.56. The number of aromatic nitrogens is 3. The number of halogens is 2. The van der Waals surface area contributed by atoms with E-state index in [4.69, 9.17) is 21.7 Å². The van der Waals surface area contributed by atoms with E-state index in [1.807, 2.05) is 0 Å².